The number of hydrogen-bond acceptors (Lipinski definition) is 3. The Kier molecular flexibility index (Phi) is 6.11. The number of ether oxygens (including phenoxy) is 1. The quantitative estimate of drug-likeness (QED) is 0.817. The Bertz CT molecular complexity index is 802. The molecular weight excluding hydrogens is 362 g/mol. The number of nitrogens with one attached hydrogen (secondary N) is 1. The van der Waals surface area contributed by atoms with Gasteiger partial charge in [0.15, 0.2) is 0 Å². The first-order valence-corrected chi connectivity index (χ1v) is 9.60. The molecule has 5 nitrogen and oxygen atoms in total. The van der Waals surface area contributed by atoms with Gasteiger partial charge in [0.05, 0.1) is 12.1 Å². The summed E-state index contributed by atoms with van der Waals surface area (Å²) in [6.45, 7) is 7.43. The van der Waals surface area contributed by atoms with E-state index in [4.69, 9.17) is 16.3 Å². The molecular formula is C21H26ClN3O2. The van der Waals surface area contributed by atoms with Crippen LogP contribution in [0.3, 0.4) is 0 Å². The second-order valence-corrected chi connectivity index (χ2v) is 7.37. The van der Waals surface area contributed by atoms with Crippen molar-refractivity contribution in [2.45, 2.75) is 19.8 Å². The molecule has 0 spiro atoms. The van der Waals surface area contributed by atoms with E-state index in [1.54, 1.807) is 25.3 Å². The lowest BCUT2D eigenvalue weighted by molar-refractivity contribution is 0.208. The van der Waals surface area contributed by atoms with Gasteiger partial charge in [-0.15, -0.1) is 0 Å². The molecule has 1 aliphatic heterocycles. The van der Waals surface area contributed by atoms with Gasteiger partial charge in [-0.05, 0) is 35.7 Å². The maximum atomic E-state index is 12.6. The predicted octanol–water partition coefficient (Wildman–Crippen LogP) is 4.83. The van der Waals surface area contributed by atoms with Crippen molar-refractivity contribution >= 4 is 29.0 Å². The van der Waals surface area contributed by atoms with Crippen LogP contribution in [0.4, 0.5) is 16.2 Å². The second kappa shape index (κ2) is 8.53. The molecule has 0 aromatic heterocycles. The molecule has 27 heavy (non-hydrogen) atoms. The van der Waals surface area contributed by atoms with Crippen LogP contribution in [0.15, 0.2) is 42.5 Å². The van der Waals surface area contributed by atoms with Crippen molar-refractivity contribution in [3.63, 3.8) is 0 Å². The van der Waals surface area contributed by atoms with Crippen LogP contribution in [0.1, 0.15) is 25.3 Å². The van der Waals surface area contributed by atoms with Gasteiger partial charge >= 0.3 is 6.03 Å². The Morgan fingerprint density at radius 1 is 1.11 bits per heavy atom. The minimum absolute atomic E-state index is 0.104. The Morgan fingerprint density at radius 3 is 2.44 bits per heavy atom. The maximum Gasteiger partial charge on any atom is 0.321 e. The van der Waals surface area contributed by atoms with Crippen LogP contribution in [0.5, 0.6) is 5.75 Å². The number of benzene rings is 2. The maximum absolute atomic E-state index is 12.6. The minimum atomic E-state index is -0.104. The van der Waals surface area contributed by atoms with Gasteiger partial charge in [0.1, 0.15) is 5.75 Å². The van der Waals surface area contributed by atoms with E-state index < -0.39 is 0 Å². The van der Waals surface area contributed by atoms with Gasteiger partial charge in [-0.2, -0.15) is 0 Å². The third kappa shape index (κ3) is 4.48. The molecule has 0 radical (unpaired) electrons. The molecule has 6 heteroatoms. The number of nitrogens with zero attached hydrogens (tertiary/aromatic N) is 2. The summed E-state index contributed by atoms with van der Waals surface area (Å²) >= 11 is 6.13. The highest BCUT2D eigenvalue weighted by molar-refractivity contribution is 6.32. The van der Waals surface area contributed by atoms with Gasteiger partial charge in [-0.3, -0.25) is 0 Å². The van der Waals surface area contributed by atoms with E-state index >= 15 is 0 Å². The lowest BCUT2D eigenvalue weighted by Crippen LogP contribution is -2.50. The second-order valence-electron chi connectivity index (χ2n) is 6.97. The Morgan fingerprint density at radius 2 is 1.81 bits per heavy atom. The molecule has 2 aromatic carbocycles. The molecule has 0 bridgehead atoms. The molecule has 0 saturated carbocycles. The molecule has 144 valence electrons. The first-order valence-electron chi connectivity index (χ1n) is 9.23. The minimum Gasteiger partial charge on any atom is -0.495 e. The van der Waals surface area contributed by atoms with Gasteiger partial charge in [0, 0.05) is 37.6 Å². The highest BCUT2D eigenvalue weighted by Crippen LogP contribution is 2.29. The van der Waals surface area contributed by atoms with E-state index in [0.29, 0.717) is 35.5 Å². The summed E-state index contributed by atoms with van der Waals surface area (Å²) in [4.78, 5) is 16.8. The number of hydrogen-bond donors (Lipinski definition) is 1. The molecule has 2 aromatic rings. The standard InChI is InChI=1S/C21H26ClN3O2/c1-15(2)17-6-4-5-7-19(17)24-10-12-25(13-11-24)21(26)23-16-8-9-20(27-3)18(22)14-16/h4-9,14-15H,10-13H2,1-3H3,(H,23,26). The summed E-state index contributed by atoms with van der Waals surface area (Å²) in [7, 11) is 1.57. The first-order chi connectivity index (χ1) is 13.0. The van der Waals surface area contributed by atoms with Crippen LogP contribution in [0.25, 0.3) is 0 Å². The fourth-order valence-corrected chi connectivity index (χ4v) is 3.62. The summed E-state index contributed by atoms with van der Waals surface area (Å²) in [6.07, 6.45) is 0. The van der Waals surface area contributed by atoms with Crippen molar-refractivity contribution in [1.29, 1.82) is 0 Å². The van der Waals surface area contributed by atoms with E-state index in [9.17, 15) is 4.79 Å². The van der Waals surface area contributed by atoms with Gasteiger partial charge in [-0.1, -0.05) is 43.6 Å². The summed E-state index contributed by atoms with van der Waals surface area (Å²) in [5.74, 6) is 1.06. The first kappa shape index (κ1) is 19.4. The number of amides is 2. The number of piperazine rings is 1. The zero-order valence-electron chi connectivity index (χ0n) is 16.0. The van der Waals surface area contributed by atoms with E-state index in [2.05, 4.69) is 48.3 Å². The number of carbonyl (C=O) groups excluding carboxylic acids is 1. The fraction of sp³-hybridized carbons (Fsp3) is 0.381. The monoisotopic (exact) mass is 387 g/mol. The number of rotatable bonds is 4. The van der Waals surface area contributed by atoms with Gasteiger partial charge in [0.25, 0.3) is 0 Å². The molecule has 2 amide bonds. The zero-order chi connectivity index (χ0) is 19.4. The van der Waals surface area contributed by atoms with Crippen molar-refractivity contribution < 1.29 is 9.53 Å². The zero-order valence-corrected chi connectivity index (χ0v) is 16.8. The summed E-state index contributed by atoms with van der Waals surface area (Å²) in [6, 6.07) is 13.7. The van der Waals surface area contributed by atoms with Crippen molar-refractivity contribution in [2.75, 3.05) is 43.5 Å². The number of anilines is 2. The molecule has 1 heterocycles. The molecule has 1 N–H and O–H groups in total. The summed E-state index contributed by atoms with van der Waals surface area (Å²) < 4.78 is 5.14. The highest BCUT2D eigenvalue weighted by atomic mass is 35.5. The Balaban J connectivity index is 1.61. The number of halogens is 1. The van der Waals surface area contributed by atoms with Crippen molar-refractivity contribution in [3.05, 3.63) is 53.1 Å². The lowest BCUT2D eigenvalue weighted by Gasteiger charge is -2.37. The van der Waals surface area contributed by atoms with Crippen LogP contribution in [-0.2, 0) is 0 Å². The van der Waals surface area contributed by atoms with E-state index in [0.717, 1.165) is 13.1 Å². The van der Waals surface area contributed by atoms with Crippen molar-refractivity contribution in [2.24, 2.45) is 0 Å². The third-order valence-electron chi connectivity index (χ3n) is 4.87. The van der Waals surface area contributed by atoms with Crippen molar-refractivity contribution in [1.82, 2.24) is 4.90 Å². The molecule has 0 atom stereocenters. The molecule has 0 aliphatic carbocycles. The molecule has 1 saturated heterocycles. The molecule has 1 fully saturated rings. The van der Waals surface area contributed by atoms with E-state index in [1.807, 2.05) is 4.90 Å². The smallest absolute Gasteiger partial charge is 0.321 e. The fourth-order valence-electron chi connectivity index (χ4n) is 3.36. The van der Waals surface area contributed by atoms with E-state index in [1.165, 1.54) is 11.3 Å². The van der Waals surface area contributed by atoms with Gasteiger partial charge in [0.2, 0.25) is 0 Å². The largest absolute Gasteiger partial charge is 0.495 e. The van der Waals surface area contributed by atoms with Crippen molar-refractivity contribution in [3.8, 4) is 5.75 Å². The molecule has 0 unspecified atom stereocenters. The topological polar surface area (TPSA) is 44.8 Å². The number of methoxy groups -OCH3 is 1. The SMILES string of the molecule is COc1ccc(NC(=O)N2CCN(c3ccccc3C(C)C)CC2)cc1Cl. The number of carbonyl (C=O) groups is 1. The summed E-state index contributed by atoms with van der Waals surface area (Å²) in [5.41, 5.74) is 3.29. The summed E-state index contributed by atoms with van der Waals surface area (Å²) in [5, 5.41) is 3.39. The molecule has 3 rings (SSSR count). The lowest BCUT2D eigenvalue weighted by atomic mass is 10.00. The van der Waals surface area contributed by atoms with Gasteiger partial charge in [-0.25, -0.2) is 4.79 Å². The van der Waals surface area contributed by atoms with Crippen LogP contribution >= 0.6 is 11.6 Å². The normalized spacial score (nSPS) is 14.4. The Labute approximate surface area is 165 Å². The molecule has 1 aliphatic rings. The van der Waals surface area contributed by atoms with Crippen LogP contribution < -0.4 is 15.0 Å². The van der Waals surface area contributed by atoms with Crippen LogP contribution in [0, 0.1) is 0 Å². The number of urea groups is 1. The Hall–Kier alpha value is -2.40. The predicted molar refractivity (Wildman–Crippen MR) is 111 cm³/mol. The number of para-hydroxylation sites is 1. The average Bonchev–Trinajstić information content (AvgIpc) is 2.68. The van der Waals surface area contributed by atoms with Crippen LogP contribution in [0.2, 0.25) is 5.02 Å². The highest BCUT2D eigenvalue weighted by Gasteiger charge is 2.23. The van der Waals surface area contributed by atoms with Crippen LogP contribution in [-0.4, -0.2) is 44.2 Å². The van der Waals surface area contributed by atoms with Gasteiger partial charge < -0.3 is 19.9 Å². The van der Waals surface area contributed by atoms with E-state index in [-0.39, 0.29) is 6.03 Å². The average molecular weight is 388 g/mol. The third-order valence-corrected chi connectivity index (χ3v) is 5.16.